The Morgan fingerprint density at radius 1 is 1.14 bits per heavy atom. The molecule has 2 aromatic rings. The second kappa shape index (κ2) is 7.22. The maximum absolute atomic E-state index is 12.3. The Kier molecular flexibility index (Phi) is 4.84. The minimum Gasteiger partial charge on any atom is -0.415 e. The number of aromatic nitrogens is 2. The van der Waals surface area contributed by atoms with Gasteiger partial charge in [0.25, 0.3) is 5.22 Å². The molecule has 0 unspecified atom stereocenters. The van der Waals surface area contributed by atoms with E-state index in [9.17, 15) is 4.79 Å². The summed E-state index contributed by atoms with van der Waals surface area (Å²) in [4.78, 5) is 12.3. The topological polar surface area (TPSA) is 68.0 Å². The van der Waals surface area contributed by atoms with E-state index >= 15 is 0 Å². The van der Waals surface area contributed by atoms with Crippen molar-refractivity contribution in [1.82, 2.24) is 10.2 Å². The number of thioether (sulfide) groups is 1. The molecule has 28 heavy (non-hydrogen) atoms. The van der Waals surface area contributed by atoms with E-state index in [1.54, 1.807) is 18.2 Å². The number of nitrogens with one attached hydrogen (secondary N) is 1. The van der Waals surface area contributed by atoms with Gasteiger partial charge in [0.1, 0.15) is 0 Å². The lowest BCUT2D eigenvalue weighted by atomic mass is 9.49. The van der Waals surface area contributed by atoms with Crippen molar-refractivity contribution in [2.75, 3.05) is 11.1 Å². The molecule has 4 fully saturated rings. The fourth-order valence-corrected chi connectivity index (χ4v) is 6.68. The first-order valence-corrected chi connectivity index (χ1v) is 11.5. The van der Waals surface area contributed by atoms with Gasteiger partial charge in [-0.3, -0.25) is 4.79 Å². The Morgan fingerprint density at radius 3 is 2.50 bits per heavy atom. The monoisotopic (exact) mass is 437 g/mol. The molecule has 1 aromatic heterocycles. The average Bonchev–Trinajstić information content (AvgIpc) is 3.13. The lowest BCUT2D eigenvalue weighted by Crippen LogP contribution is -2.48. The van der Waals surface area contributed by atoms with Crippen molar-refractivity contribution in [3.8, 4) is 0 Å². The average molecular weight is 438 g/mol. The fraction of sp³-hybridized carbons (Fsp3) is 0.550. The maximum Gasteiger partial charge on any atom is 0.277 e. The summed E-state index contributed by atoms with van der Waals surface area (Å²) in [6.45, 7) is 0. The minimum atomic E-state index is -0.191. The third-order valence-electron chi connectivity index (χ3n) is 6.45. The van der Waals surface area contributed by atoms with Crippen LogP contribution >= 0.6 is 35.0 Å². The van der Waals surface area contributed by atoms with Gasteiger partial charge in [-0.25, -0.2) is 0 Å². The molecule has 5 nitrogen and oxygen atoms in total. The molecule has 0 spiro atoms. The highest BCUT2D eigenvalue weighted by Crippen LogP contribution is 2.60. The summed E-state index contributed by atoms with van der Waals surface area (Å²) in [6, 6.07) is 5.14. The van der Waals surface area contributed by atoms with Crippen molar-refractivity contribution in [2.45, 2.75) is 49.2 Å². The van der Waals surface area contributed by atoms with Crippen LogP contribution in [0.5, 0.6) is 0 Å². The summed E-state index contributed by atoms with van der Waals surface area (Å²) in [7, 11) is 0. The molecule has 1 N–H and O–H groups in total. The van der Waals surface area contributed by atoms with E-state index in [2.05, 4.69) is 15.5 Å². The van der Waals surface area contributed by atoms with Crippen LogP contribution in [-0.2, 0) is 10.2 Å². The molecule has 1 heterocycles. The lowest BCUT2D eigenvalue weighted by molar-refractivity contribution is -0.113. The molecule has 4 aliphatic carbocycles. The Balaban J connectivity index is 1.23. The molecule has 1 aromatic carbocycles. The van der Waals surface area contributed by atoms with Crippen LogP contribution in [0.4, 0.5) is 5.69 Å². The maximum atomic E-state index is 12.3. The number of hydrogen-bond acceptors (Lipinski definition) is 5. The molecule has 0 radical (unpaired) electrons. The van der Waals surface area contributed by atoms with Gasteiger partial charge in [0.15, 0.2) is 0 Å². The first-order chi connectivity index (χ1) is 13.5. The summed E-state index contributed by atoms with van der Waals surface area (Å²) in [5.74, 6) is 3.23. The first-order valence-electron chi connectivity index (χ1n) is 9.71. The van der Waals surface area contributed by atoms with Gasteiger partial charge in [-0.2, -0.15) is 0 Å². The molecule has 4 saturated carbocycles. The summed E-state index contributed by atoms with van der Waals surface area (Å²) in [5, 5.41) is 12.6. The summed E-state index contributed by atoms with van der Waals surface area (Å²) >= 11 is 13.3. The van der Waals surface area contributed by atoms with Gasteiger partial charge < -0.3 is 9.73 Å². The minimum absolute atomic E-state index is 0.0805. The zero-order valence-corrected chi connectivity index (χ0v) is 17.6. The van der Waals surface area contributed by atoms with Crippen LogP contribution < -0.4 is 5.32 Å². The Bertz CT molecular complexity index is 881. The molecular weight excluding hydrogens is 417 g/mol. The van der Waals surface area contributed by atoms with E-state index in [0.29, 0.717) is 21.0 Å². The van der Waals surface area contributed by atoms with Gasteiger partial charge in [-0.1, -0.05) is 41.0 Å². The Morgan fingerprint density at radius 2 is 1.82 bits per heavy atom. The standard InChI is InChI=1S/C20H21Cl2N3O2S/c21-14-2-1-3-15(17(14)22)23-16(26)10-28-19-25-24-18(27-19)20-7-11-4-12(8-20)6-13(5-11)9-20/h1-3,11-13H,4-10H2,(H,23,26). The number of halogens is 2. The van der Waals surface area contributed by atoms with E-state index in [0.717, 1.165) is 23.6 Å². The predicted molar refractivity (Wildman–Crippen MR) is 110 cm³/mol. The Hall–Kier alpha value is -1.24. The molecule has 1 amide bonds. The van der Waals surface area contributed by atoms with E-state index in [1.165, 1.54) is 50.3 Å². The van der Waals surface area contributed by atoms with Gasteiger partial charge in [-0.05, 0) is 68.4 Å². The van der Waals surface area contributed by atoms with Gasteiger partial charge in [0.2, 0.25) is 11.8 Å². The molecule has 0 saturated heterocycles. The van der Waals surface area contributed by atoms with Crippen LogP contribution in [0.1, 0.15) is 44.4 Å². The van der Waals surface area contributed by atoms with Crippen LogP contribution in [0.2, 0.25) is 10.0 Å². The third kappa shape index (κ3) is 3.44. The summed E-state index contributed by atoms with van der Waals surface area (Å²) in [6.07, 6.45) is 7.67. The number of benzene rings is 1. The van der Waals surface area contributed by atoms with Crippen molar-refractivity contribution in [1.29, 1.82) is 0 Å². The van der Waals surface area contributed by atoms with Crippen molar-refractivity contribution >= 4 is 46.6 Å². The SMILES string of the molecule is O=C(CSc1nnc(C23CC4CC(CC(C4)C2)C3)o1)Nc1cccc(Cl)c1Cl. The number of amides is 1. The van der Waals surface area contributed by atoms with Crippen molar-refractivity contribution in [2.24, 2.45) is 17.8 Å². The highest BCUT2D eigenvalue weighted by Gasteiger charge is 2.54. The molecule has 6 rings (SSSR count). The molecule has 8 heteroatoms. The zero-order valence-electron chi connectivity index (χ0n) is 15.3. The second-order valence-electron chi connectivity index (χ2n) is 8.51. The fourth-order valence-electron chi connectivity index (χ4n) is 5.77. The summed E-state index contributed by atoms with van der Waals surface area (Å²) < 4.78 is 6.03. The van der Waals surface area contributed by atoms with E-state index < -0.39 is 0 Å². The zero-order chi connectivity index (χ0) is 19.3. The first kappa shape index (κ1) is 18.8. The van der Waals surface area contributed by atoms with E-state index in [-0.39, 0.29) is 17.1 Å². The molecule has 148 valence electrons. The van der Waals surface area contributed by atoms with Gasteiger partial charge in [0.05, 0.1) is 21.5 Å². The number of hydrogen-bond donors (Lipinski definition) is 1. The van der Waals surface area contributed by atoms with Gasteiger partial charge >= 0.3 is 0 Å². The van der Waals surface area contributed by atoms with Crippen molar-refractivity contribution in [3.05, 3.63) is 34.1 Å². The van der Waals surface area contributed by atoms with E-state index in [1.807, 2.05) is 0 Å². The van der Waals surface area contributed by atoms with Crippen LogP contribution in [0.15, 0.2) is 27.8 Å². The van der Waals surface area contributed by atoms with Crippen molar-refractivity contribution < 1.29 is 9.21 Å². The normalized spacial score (nSPS) is 30.6. The van der Waals surface area contributed by atoms with Crippen LogP contribution in [0.25, 0.3) is 0 Å². The number of carbonyl (C=O) groups excluding carboxylic acids is 1. The van der Waals surface area contributed by atoms with E-state index in [4.69, 9.17) is 27.6 Å². The van der Waals surface area contributed by atoms with Gasteiger partial charge in [0, 0.05) is 5.41 Å². The smallest absolute Gasteiger partial charge is 0.277 e. The lowest BCUT2D eigenvalue weighted by Gasteiger charge is -2.55. The predicted octanol–water partition coefficient (Wildman–Crippen LogP) is 5.58. The molecule has 4 aliphatic rings. The quantitative estimate of drug-likeness (QED) is 0.618. The number of anilines is 1. The van der Waals surface area contributed by atoms with Crippen LogP contribution in [0.3, 0.4) is 0 Å². The highest BCUT2D eigenvalue weighted by molar-refractivity contribution is 7.99. The van der Waals surface area contributed by atoms with Gasteiger partial charge in [-0.15, -0.1) is 10.2 Å². The number of carbonyl (C=O) groups is 1. The number of nitrogens with zero attached hydrogens (tertiary/aromatic N) is 2. The largest absolute Gasteiger partial charge is 0.415 e. The summed E-state index contributed by atoms with van der Waals surface area (Å²) in [5.41, 5.74) is 0.580. The molecule has 4 bridgehead atoms. The van der Waals surface area contributed by atoms with Crippen LogP contribution in [-0.4, -0.2) is 21.9 Å². The van der Waals surface area contributed by atoms with Crippen LogP contribution in [0, 0.1) is 17.8 Å². The second-order valence-corrected chi connectivity index (χ2v) is 10.2. The van der Waals surface area contributed by atoms with Crippen molar-refractivity contribution in [3.63, 3.8) is 0 Å². The highest BCUT2D eigenvalue weighted by atomic mass is 35.5. The molecule has 0 atom stereocenters. The number of rotatable bonds is 5. The molecular formula is C20H21Cl2N3O2S. The Labute approximate surface area is 177 Å². The third-order valence-corrected chi connectivity index (χ3v) is 8.09. The molecule has 0 aliphatic heterocycles.